The third-order valence-corrected chi connectivity index (χ3v) is 12.4. The summed E-state index contributed by atoms with van der Waals surface area (Å²) in [6, 6.07) is 5.95. The molecule has 8 unspecified atom stereocenters. The van der Waals surface area contributed by atoms with E-state index < -0.39 is 0 Å². The molecule has 246 valence electrons. The summed E-state index contributed by atoms with van der Waals surface area (Å²) >= 11 is 0. The molecule has 7 aliphatic rings. The second-order valence-electron chi connectivity index (χ2n) is 15.3. The van der Waals surface area contributed by atoms with Gasteiger partial charge in [-0.3, -0.25) is 21.0 Å². The molecule has 1 aromatic rings. The largest absolute Gasteiger partial charge is 0.361 e. The molecular formula is C32H57N11O. The summed E-state index contributed by atoms with van der Waals surface area (Å²) in [5.41, 5.74) is 11.0. The van der Waals surface area contributed by atoms with Crippen LogP contribution in [0.2, 0.25) is 0 Å². The van der Waals surface area contributed by atoms with Gasteiger partial charge in [0.05, 0.1) is 31.1 Å². The maximum atomic E-state index is 6.61. The monoisotopic (exact) mass is 611 g/mol. The van der Waals surface area contributed by atoms with Gasteiger partial charge in [0.25, 0.3) is 0 Å². The van der Waals surface area contributed by atoms with Gasteiger partial charge in [-0.1, -0.05) is 0 Å². The summed E-state index contributed by atoms with van der Waals surface area (Å²) in [6.45, 7) is 12.2. The van der Waals surface area contributed by atoms with Crippen LogP contribution in [0, 0.1) is 17.3 Å². The number of nitrogens with zero attached hydrogens (tertiary/aromatic N) is 5. The molecule has 6 N–H and O–H groups in total. The average molecular weight is 612 g/mol. The molecule has 1 aromatic heterocycles. The van der Waals surface area contributed by atoms with Gasteiger partial charge in [0.15, 0.2) is 0 Å². The molecule has 8 heterocycles. The minimum Gasteiger partial charge on any atom is -0.361 e. The molecule has 0 aromatic carbocycles. The highest BCUT2D eigenvalue weighted by atomic mass is 16.5. The first kappa shape index (κ1) is 30.2. The van der Waals surface area contributed by atoms with Gasteiger partial charge < -0.3 is 24.8 Å². The Kier molecular flexibility index (Phi) is 8.33. The van der Waals surface area contributed by atoms with E-state index in [-0.39, 0.29) is 18.6 Å². The van der Waals surface area contributed by atoms with Crippen LogP contribution in [-0.2, 0) is 18.3 Å². The van der Waals surface area contributed by atoms with Gasteiger partial charge in [-0.25, -0.2) is 15.4 Å². The van der Waals surface area contributed by atoms with Crippen LogP contribution >= 0.6 is 0 Å². The summed E-state index contributed by atoms with van der Waals surface area (Å²) in [4.78, 5) is 5.17. The van der Waals surface area contributed by atoms with Gasteiger partial charge in [-0.05, 0) is 83.3 Å². The van der Waals surface area contributed by atoms with E-state index in [1.807, 2.05) is 0 Å². The molecule has 0 saturated carbocycles. The van der Waals surface area contributed by atoms with Crippen molar-refractivity contribution >= 4 is 0 Å². The highest BCUT2D eigenvalue weighted by Crippen LogP contribution is 2.42. The van der Waals surface area contributed by atoms with E-state index in [0.29, 0.717) is 41.5 Å². The molecule has 1 spiro atoms. The molecular weight excluding hydrogens is 554 g/mol. The third kappa shape index (κ3) is 5.57. The number of likely N-dealkylation sites (tertiary alicyclic amines) is 2. The number of rotatable bonds is 3. The van der Waals surface area contributed by atoms with Gasteiger partial charge in [-0.15, -0.1) is 0 Å². The van der Waals surface area contributed by atoms with Gasteiger partial charge in [0.1, 0.15) is 6.23 Å². The van der Waals surface area contributed by atoms with Crippen molar-refractivity contribution < 1.29 is 4.74 Å². The molecule has 8 rings (SSSR count). The molecule has 4 bridgehead atoms. The lowest BCUT2D eigenvalue weighted by Crippen LogP contribution is -2.67. The minimum absolute atomic E-state index is 0.0566. The number of hydrogen-bond donors (Lipinski definition) is 6. The van der Waals surface area contributed by atoms with Crippen LogP contribution in [0.3, 0.4) is 0 Å². The van der Waals surface area contributed by atoms with Crippen LogP contribution in [0.25, 0.3) is 0 Å². The Bertz CT molecular complexity index is 1150. The zero-order valence-corrected chi connectivity index (χ0v) is 27.4. The number of hydrazine groups is 2. The average Bonchev–Trinajstić information content (AvgIpc) is 3.68. The number of piperidine rings is 2. The molecule has 7 aliphatic heterocycles. The Morgan fingerprint density at radius 1 is 0.955 bits per heavy atom. The fraction of sp³-hybridized carbons (Fsp3) is 0.875. The van der Waals surface area contributed by atoms with E-state index in [4.69, 9.17) is 4.74 Å². The summed E-state index contributed by atoms with van der Waals surface area (Å²) in [5, 5.41) is 20.3. The van der Waals surface area contributed by atoms with Crippen LogP contribution < -0.4 is 32.1 Å². The Balaban J connectivity index is 0.976. The number of hydrogen-bond acceptors (Lipinski definition) is 11. The lowest BCUT2D eigenvalue weighted by molar-refractivity contribution is -0.0791. The van der Waals surface area contributed by atoms with Gasteiger partial charge in [-0.2, -0.15) is 0 Å². The number of fused-ring (bicyclic) bond motifs is 5. The van der Waals surface area contributed by atoms with E-state index in [1.165, 1.54) is 50.4 Å². The maximum absolute atomic E-state index is 6.61. The smallest absolute Gasteiger partial charge is 0.129 e. The zero-order valence-electron chi connectivity index (χ0n) is 27.4. The SMILES string of the molecule is C[C@H]1CCOC2C(CNN2C)C2NCCC(NC3CC4C(CN3)C(c3ccc(CN5CC6(CCN(C)CC6)C5)n3C)NN41)N2. The van der Waals surface area contributed by atoms with E-state index >= 15 is 0 Å². The highest BCUT2D eigenvalue weighted by molar-refractivity contribution is 5.23. The first-order valence-corrected chi connectivity index (χ1v) is 17.5. The van der Waals surface area contributed by atoms with Crippen molar-refractivity contribution in [2.24, 2.45) is 24.3 Å². The van der Waals surface area contributed by atoms with Crippen molar-refractivity contribution in [3.63, 3.8) is 0 Å². The quantitative estimate of drug-likeness (QED) is 0.273. The van der Waals surface area contributed by atoms with E-state index in [0.717, 1.165) is 52.0 Å². The predicted molar refractivity (Wildman–Crippen MR) is 171 cm³/mol. The minimum atomic E-state index is 0.0566. The molecule has 0 amide bonds. The van der Waals surface area contributed by atoms with Crippen molar-refractivity contribution in [3.05, 3.63) is 23.5 Å². The first-order chi connectivity index (χ1) is 21.4. The van der Waals surface area contributed by atoms with Crippen LogP contribution in [-0.4, -0.2) is 128 Å². The third-order valence-electron chi connectivity index (χ3n) is 12.4. The normalized spacial score (nSPS) is 42.2. The molecule has 7 fully saturated rings. The molecule has 12 heteroatoms. The Labute approximate surface area is 263 Å². The van der Waals surface area contributed by atoms with E-state index in [2.05, 4.69) is 96.7 Å². The van der Waals surface area contributed by atoms with Crippen molar-refractivity contribution in [1.29, 1.82) is 0 Å². The molecule has 0 aliphatic carbocycles. The molecule has 9 atom stereocenters. The van der Waals surface area contributed by atoms with Crippen LogP contribution in [0.4, 0.5) is 0 Å². The summed E-state index contributed by atoms with van der Waals surface area (Å²) < 4.78 is 9.11. The lowest BCUT2D eigenvalue weighted by Gasteiger charge is -2.53. The molecule has 44 heavy (non-hydrogen) atoms. The molecule has 7 saturated heterocycles. The van der Waals surface area contributed by atoms with Gasteiger partial charge in [0.2, 0.25) is 0 Å². The Morgan fingerprint density at radius 3 is 2.64 bits per heavy atom. The number of nitrogens with one attached hydrogen (secondary N) is 6. The van der Waals surface area contributed by atoms with Gasteiger partial charge in [0, 0.05) is 82.1 Å². The summed E-state index contributed by atoms with van der Waals surface area (Å²) in [6.07, 6.45) is 6.76. The molecule has 12 nitrogen and oxygen atoms in total. The Morgan fingerprint density at radius 2 is 1.80 bits per heavy atom. The second kappa shape index (κ2) is 12.1. The van der Waals surface area contributed by atoms with E-state index in [9.17, 15) is 0 Å². The number of ether oxygens (including phenoxy) is 1. The van der Waals surface area contributed by atoms with Crippen LogP contribution in [0.15, 0.2) is 12.1 Å². The Hall–Kier alpha value is -1.16. The predicted octanol–water partition coefficient (Wildman–Crippen LogP) is -0.256. The van der Waals surface area contributed by atoms with Crippen molar-refractivity contribution in [1.82, 2.24) is 56.5 Å². The van der Waals surface area contributed by atoms with Crippen LogP contribution in [0.1, 0.15) is 56.5 Å². The van der Waals surface area contributed by atoms with Crippen molar-refractivity contribution in [2.45, 2.75) is 88.4 Å². The van der Waals surface area contributed by atoms with Crippen molar-refractivity contribution in [3.8, 4) is 0 Å². The highest BCUT2D eigenvalue weighted by Gasteiger charge is 2.49. The fourth-order valence-corrected chi connectivity index (χ4v) is 9.62. The second-order valence-corrected chi connectivity index (χ2v) is 15.3. The zero-order chi connectivity index (χ0) is 30.0. The van der Waals surface area contributed by atoms with E-state index in [1.54, 1.807) is 0 Å². The standard InChI is InChI=1S/C32H57N11O/c1-21-8-14-44-31-24(17-35-41(31)4)30-33-11-7-27(37-30)36-28-15-26-23(16-34-28)29(38-43(21)26)25-6-5-22(40(25)3)18-42-19-32(20-42)9-12-39(2)13-10-32/h5-6,21,23-24,26-31,33-38H,7-20H2,1-4H3/t21-,23?,24?,26?,27?,28?,29?,30?,31?/m0/s1. The number of aromatic nitrogens is 1. The topological polar surface area (TPSA) is 99.3 Å². The molecule has 0 radical (unpaired) electrons. The summed E-state index contributed by atoms with van der Waals surface area (Å²) in [5.74, 6) is 0.867. The lowest BCUT2D eigenvalue weighted by atomic mass is 9.72. The summed E-state index contributed by atoms with van der Waals surface area (Å²) in [7, 11) is 6.68. The maximum Gasteiger partial charge on any atom is 0.129 e. The van der Waals surface area contributed by atoms with Crippen LogP contribution in [0.5, 0.6) is 0 Å². The van der Waals surface area contributed by atoms with Gasteiger partial charge >= 0.3 is 0 Å². The van der Waals surface area contributed by atoms with Crippen molar-refractivity contribution in [2.75, 3.05) is 66.5 Å². The fourth-order valence-electron chi connectivity index (χ4n) is 9.62. The first-order valence-electron chi connectivity index (χ1n) is 17.5.